The van der Waals surface area contributed by atoms with Crippen LogP contribution in [0.3, 0.4) is 0 Å². The first-order valence-corrected chi connectivity index (χ1v) is 11.6. The van der Waals surface area contributed by atoms with Gasteiger partial charge >= 0.3 is 0 Å². The molecule has 0 fully saturated rings. The summed E-state index contributed by atoms with van der Waals surface area (Å²) in [5, 5.41) is 0.428. The number of benzene rings is 3. The third-order valence-corrected chi connectivity index (χ3v) is 10.8. The molecule has 0 atom stereocenters. The predicted octanol–water partition coefficient (Wildman–Crippen LogP) is 5.44. The van der Waals surface area contributed by atoms with E-state index in [9.17, 15) is 0 Å². The maximum Gasteiger partial charge on any atom is 0.0659 e. The summed E-state index contributed by atoms with van der Waals surface area (Å²) in [5.74, 6) is 0. The van der Waals surface area contributed by atoms with Gasteiger partial charge in [0.25, 0.3) is 0 Å². The highest BCUT2D eigenvalue weighted by Gasteiger charge is 2.24. The molecule has 0 aliphatic heterocycles. The van der Waals surface area contributed by atoms with E-state index in [1.54, 1.807) is 11.4 Å². The van der Waals surface area contributed by atoms with Gasteiger partial charge < -0.3 is 0 Å². The van der Waals surface area contributed by atoms with Crippen molar-refractivity contribution in [2.75, 3.05) is 0 Å². The number of rotatable bonds is 5. The fourth-order valence-corrected chi connectivity index (χ4v) is 8.68. The summed E-state index contributed by atoms with van der Waals surface area (Å²) in [6.45, 7) is 4.29. The largest absolute Gasteiger partial charge is 0.0844 e. The summed E-state index contributed by atoms with van der Waals surface area (Å²) in [7, 11) is 0. The molecule has 3 heteroatoms. The molecule has 0 nitrogen and oxygen atoms in total. The Hall–Kier alpha value is -1.60. The molecule has 0 spiro atoms. The Morgan fingerprint density at radius 3 is 1.52 bits per heavy atom. The topological polar surface area (TPSA) is 0 Å². The van der Waals surface area contributed by atoms with Gasteiger partial charge in [-0.05, 0) is 16.2 Å². The third kappa shape index (κ3) is 3.67. The summed E-state index contributed by atoms with van der Waals surface area (Å²) < 4.78 is 0. The number of hydrogen-bond donors (Lipinski definition) is 0. The average Bonchev–Trinajstić information content (AvgIpc) is 2.64. The van der Waals surface area contributed by atoms with Crippen LogP contribution in [0.25, 0.3) is 4.91 Å². The van der Waals surface area contributed by atoms with Gasteiger partial charge in [-0.3, -0.25) is 0 Å². The Labute approximate surface area is 147 Å². The molecule has 0 radical (unpaired) electrons. The van der Waals surface area contributed by atoms with Gasteiger partial charge in [-0.15, -0.1) is 0 Å². The van der Waals surface area contributed by atoms with E-state index < -0.39 is 5.24 Å². The summed E-state index contributed by atoms with van der Waals surface area (Å²) in [6, 6.07) is 31.1. The van der Waals surface area contributed by atoms with E-state index in [4.69, 9.17) is 11.8 Å². The van der Waals surface area contributed by atoms with Crippen molar-refractivity contribution in [3.63, 3.8) is 0 Å². The van der Waals surface area contributed by atoms with Crippen LogP contribution in [0, 0.1) is 0 Å². The lowest BCUT2D eigenvalue weighted by molar-refractivity contribution is 1.66. The molecule has 23 heavy (non-hydrogen) atoms. The average molecular weight is 352 g/mol. The van der Waals surface area contributed by atoms with Crippen LogP contribution in [-0.2, 0) is 11.8 Å². The Bertz CT molecular complexity index is 784. The van der Waals surface area contributed by atoms with Crippen LogP contribution in [0.1, 0.15) is 5.56 Å². The van der Waals surface area contributed by atoms with Crippen molar-refractivity contribution in [3.8, 4) is 0 Å². The molecule has 0 saturated carbocycles. The van der Waals surface area contributed by atoms with E-state index in [0.717, 1.165) is 10.5 Å². The first-order valence-electron chi connectivity index (χ1n) is 7.35. The zero-order valence-corrected chi connectivity index (χ0v) is 15.2. The number of hydrogen-bond acceptors (Lipinski definition) is 2. The minimum absolute atomic E-state index is 1.03. The molecule has 0 N–H and O–H groups in total. The van der Waals surface area contributed by atoms with E-state index in [1.165, 1.54) is 10.6 Å². The van der Waals surface area contributed by atoms with Crippen molar-refractivity contribution >= 4 is 43.9 Å². The van der Waals surface area contributed by atoms with Gasteiger partial charge in [0.15, 0.2) is 0 Å². The summed E-state index contributed by atoms with van der Waals surface area (Å²) >= 11 is 7.96. The molecule has 0 aromatic heterocycles. The maximum absolute atomic E-state index is 6.22. The fraction of sp³-hybridized carbons (Fsp3) is 0. The van der Waals surface area contributed by atoms with Crippen LogP contribution in [0.5, 0.6) is 0 Å². The summed E-state index contributed by atoms with van der Waals surface area (Å²) in [6.07, 6.45) is 0. The lowest BCUT2D eigenvalue weighted by atomic mass is 10.2. The van der Waals surface area contributed by atoms with E-state index in [1.807, 2.05) is 30.3 Å². The van der Waals surface area contributed by atoms with Crippen LogP contribution < -0.4 is 10.6 Å². The molecule has 3 rings (SSSR count). The molecule has 3 aromatic rings. The molecule has 0 amide bonds. The first kappa shape index (κ1) is 16.3. The summed E-state index contributed by atoms with van der Waals surface area (Å²) in [5.41, 5.74) is 1.14. The van der Waals surface area contributed by atoms with Gasteiger partial charge in [-0.2, -0.15) is 0 Å². The lowest BCUT2D eigenvalue weighted by Gasteiger charge is -2.23. The highest BCUT2D eigenvalue weighted by Crippen LogP contribution is 2.61. The second-order valence-corrected chi connectivity index (χ2v) is 12.4. The second kappa shape index (κ2) is 7.31. The van der Waals surface area contributed by atoms with E-state index in [2.05, 4.69) is 67.2 Å². The zero-order chi connectivity index (χ0) is 16.1. The van der Waals surface area contributed by atoms with Crippen molar-refractivity contribution in [2.24, 2.45) is 0 Å². The van der Waals surface area contributed by atoms with Crippen LogP contribution >= 0.6 is 16.6 Å². The molecule has 0 heterocycles. The minimum Gasteiger partial charge on any atom is -0.0844 e. The Kier molecular flexibility index (Phi) is 5.17. The standard InChI is InChI=1S/C20H17PS2/c1-17(18-11-5-2-6-12-18)23-21(22,19-13-7-3-8-14-19)20-15-9-4-10-16-20/h2-16H,1H2. The van der Waals surface area contributed by atoms with Crippen LogP contribution in [0.15, 0.2) is 97.6 Å². The molecule has 0 saturated heterocycles. The monoisotopic (exact) mass is 352 g/mol. The zero-order valence-electron chi connectivity index (χ0n) is 12.6. The smallest absolute Gasteiger partial charge is 0.0659 e. The van der Waals surface area contributed by atoms with Crippen molar-refractivity contribution in [3.05, 3.63) is 103 Å². The SMILES string of the molecule is C=C(SP(=S)(c1ccccc1)c1ccccc1)c1ccccc1. The maximum atomic E-state index is 6.22. The van der Waals surface area contributed by atoms with Gasteiger partial charge in [0.2, 0.25) is 0 Å². The second-order valence-electron chi connectivity index (χ2n) is 5.10. The van der Waals surface area contributed by atoms with Crippen molar-refractivity contribution in [2.45, 2.75) is 0 Å². The molecule has 3 aromatic carbocycles. The quantitative estimate of drug-likeness (QED) is 0.561. The van der Waals surface area contributed by atoms with Crippen LogP contribution in [0.4, 0.5) is 0 Å². The predicted molar refractivity (Wildman–Crippen MR) is 110 cm³/mol. The first-order chi connectivity index (χ1) is 11.2. The molecule has 114 valence electrons. The minimum atomic E-state index is -2.00. The van der Waals surface area contributed by atoms with Crippen molar-refractivity contribution < 1.29 is 0 Å². The highest BCUT2D eigenvalue weighted by atomic mass is 32.9. The van der Waals surface area contributed by atoms with Gasteiger partial charge in [0.05, 0.1) is 5.24 Å². The van der Waals surface area contributed by atoms with Gasteiger partial charge in [-0.25, -0.2) is 0 Å². The van der Waals surface area contributed by atoms with E-state index >= 15 is 0 Å². The van der Waals surface area contributed by atoms with Gasteiger partial charge in [-0.1, -0.05) is 121 Å². The highest BCUT2D eigenvalue weighted by molar-refractivity contribution is 8.78. The van der Waals surface area contributed by atoms with E-state index in [-0.39, 0.29) is 0 Å². The molecule has 0 aliphatic carbocycles. The van der Waals surface area contributed by atoms with Crippen LogP contribution in [-0.4, -0.2) is 0 Å². The van der Waals surface area contributed by atoms with Crippen molar-refractivity contribution in [1.29, 1.82) is 0 Å². The van der Waals surface area contributed by atoms with Gasteiger partial charge in [0.1, 0.15) is 0 Å². The molecule has 0 aliphatic rings. The van der Waals surface area contributed by atoms with Crippen molar-refractivity contribution in [1.82, 2.24) is 0 Å². The lowest BCUT2D eigenvalue weighted by Crippen LogP contribution is -2.12. The molecular formula is C20H17PS2. The van der Waals surface area contributed by atoms with Gasteiger partial charge in [0, 0.05) is 4.91 Å². The molecule has 0 bridgehead atoms. The summed E-state index contributed by atoms with van der Waals surface area (Å²) in [4.78, 5) is 1.03. The normalized spacial score (nSPS) is 11.1. The van der Waals surface area contributed by atoms with Crippen LogP contribution in [0.2, 0.25) is 0 Å². The fourth-order valence-electron chi connectivity index (χ4n) is 2.33. The third-order valence-electron chi connectivity index (χ3n) is 3.53. The Morgan fingerprint density at radius 1 is 0.696 bits per heavy atom. The Morgan fingerprint density at radius 2 is 1.09 bits per heavy atom. The van der Waals surface area contributed by atoms with E-state index in [0.29, 0.717) is 0 Å². The Balaban J connectivity index is 2.04. The molecule has 0 unspecified atom stereocenters. The molecular weight excluding hydrogens is 335 g/mol.